The Labute approximate surface area is 413 Å². The molecule has 0 saturated carbocycles. The minimum atomic E-state index is -0.802. The molecule has 0 aromatic carbocycles. The maximum absolute atomic E-state index is 12.8. The summed E-state index contributed by atoms with van der Waals surface area (Å²) in [5.74, 6) is -0.968. The molecule has 382 valence electrons. The number of ether oxygens (including phenoxy) is 3. The lowest BCUT2D eigenvalue weighted by molar-refractivity contribution is -0.167. The van der Waals surface area contributed by atoms with Gasteiger partial charge in [0.25, 0.3) is 0 Å². The van der Waals surface area contributed by atoms with E-state index in [4.69, 9.17) is 14.2 Å². The van der Waals surface area contributed by atoms with E-state index in [1.165, 1.54) is 103 Å². The summed E-state index contributed by atoms with van der Waals surface area (Å²) in [4.78, 5) is 38.0. The fourth-order valence-corrected chi connectivity index (χ4v) is 7.41. The SMILES string of the molecule is CC/C=C\C/C=C\C/C=C\C/C=C\C/C=C\C/C=C\C/C=C\CCCC(=O)OCC(COC(=O)CCCCCCC/C=C\CCCC)OC(=O)CCCCCCCCCCCCCCCCC. The number of hydrogen-bond donors (Lipinski definition) is 0. The van der Waals surface area contributed by atoms with Gasteiger partial charge in [-0.3, -0.25) is 14.4 Å². The van der Waals surface area contributed by atoms with E-state index in [0.29, 0.717) is 19.3 Å². The molecular weight excluding hydrogens is 829 g/mol. The second-order valence-corrected chi connectivity index (χ2v) is 18.1. The highest BCUT2D eigenvalue weighted by Gasteiger charge is 2.19. The van der Waals surface area contributed by atoms with Crippen LogP contribution in [-0.2, 0) is 28.6 Å². The summed E-state index contributed by atoms with van der Waals surface area (Å²) in [6, 6.07) is 0. The molecule has 1 atom stereocenters. The third kappa shape index (κ3) is 53.2. The molecular formula is C61H102O6. The van der Waals surface area contributed by atoms with Gasteiger partial charge in [0.15, 0.2) is 6.10 Å². The molecule has 0 aromatic heterocycles. The minimum Gasteiger partial charge on any atom is -0.462 e. The van der Waals surface area contributed by atoms with Crippen molar-refractivity contribution in [3.05, 3.63) is 97.2 Å². The van der Waals surface area contributed by atoms with Crippen LogP contribution in [0.3, 0.4) is 0 Å². The summed E-state index contributed by atoms with van der Waals surface area (Å²) >= 11 is 0. The molecule has 0 aliphatic rings. The first-order chi connectivity index (χ1) is 33.0. The van der Waals surface area contributed by atoms with Crippen LogP contribution in [0.5, 0.6) is 0 Å². The molecule has 0 aromatic rings. The molecule has 0 heterocycles. The summed E-state index contributed by atoms with van der Waals surface area (Å²) in [5, 5.41) is 0. The molecule has 0 rings (SSSR count). The Balaban J connectivity index is 4.44. The Bertz CT molecular complexity index is 1350. The van der Waals surface area contributed by atoms with E-state index in [-0.39, 0.29) is 37.5 Å². The fraction of sp³-hybridized carbons (Fsp3) is 0.689. The van der Waals surface area contributed by atoms with Gasteiger partial charge in [-0.25, -0.2) is 0 Å². The van der Waals surface area contributed by atoms with Gasteiger partial charge < -0.3 is 14.2 Å². The van der Waals surface area contributed by atoms with Crippen LogP contribution in [0.4, 0.5) is 0 Å². The Hall–Kier alpha value is -3.67. The van der Waals surface area contributed by atoms with Crippen LogP contribution in [0.25, 0.3) is 0 Å². The second-order valence-electron chi connectivity index (χ2n) is 18.1. The lowest BCUT2D eigenvalue weighted by Gasteiger charge is -2.18. The quantitative estimate of drug-likeness (QED) is 0.0262. The third-order valence-corrected chi connectivity index (χ3v) is 11.6. The van der Waals surface area contributed by atoms with Crippen molar-refractivity contribution in [1.82, 2.24) is 0 Å². The summed E-state index contributed by atoms with van der Waals surface area (Å²) in [7, 11) is 0. The number of carbonyl (C=O) groups is 3. The summed E-state index contributed by atoms with van der Waals surface area (Å²) in [6.07, 6.45) is 72.6. The molecule has 6 nitrogen and oxygen atoms in total. The zero-order chi connectivity index (χ0) is 48.6. The van der Waals surface area contributed by atoms with Crippen LogP contribution in [0.15, 0.2) is 97.2 Å². The van der Waals surface area contributed by atoms with E-state index in [1.54, 1.807) is 0 Å². The van der Waals surface area contributed by atoms with Crippen molar-refractivity contribution in [1.29, 1.82) is 0 Å². The van der Waals surface area contributed by atoms with Crippen molar-refractivity contribution in [2.45, 2.75) is 258 Å². The number of allylic oxidation sites excluding steroid dienone is 16. The largest absolute Gasteiger partial charge is 0.462 e. The molecule has 0 fully saturated rings. The number of esters is 3. The number of rotatable bonds is 49. The molecule has 0 saturated heterocycles. The summed E-state index contributed by atoms with van der Waals surface area (Å²) in [6.45, 7) is 6.43. The molecule has 0 amide bonds. The van der Waals surface area contributed by atoms with Crippen molar-refractivity contribution in [3.63, 3.8) is 0 Å². The van der Waals surface area contributed by atoms with E-state index in [9.17, 15) is 14.4 Å². The molecule has 0 bridgehead atoms. The van der Waals surface area contributed by atoms with Crippen molar-refractivity contribution < 1.29 is 28.6 Å². The second kappa shape index (κ2) is 54.9. The third-order valence-electron chi connectivity index (χ3n) is 11.6. The maximum atomic E-state index is 12.8. The van der Waals surface area contributed by atoms with E-state index < -0.39 is 6.10 Å². The van der Waals surface area contributed by atoms with Gasteiger partial charge in [-0.1, -0.05) is 240 Å². The van der Waals surface area contributed by atoms with Gasteiger partial charge in [0, 0.05) is 19.3 Å². The zero-order valence-corrected chi connectivity index (χ0v) is 43.6. The first kappa shape index (κ1) is 63.3. The van der Waals surface area contributed by atoms with E-state index in [2.05, 4.69) is 118 Å². The summed E-state index contributed by atoms with van der Waals surface area (Å²) < 4.78 is 16.8. The van der Waals surface area contributed by atoms with Gasteiger partial charge >= 0.3 is 17.9 Å². The molecule has 0 aliphatic carbocycles. The standard InChI is InChI=1S/C61H102O6/c1-4-7-10-13-16-19-22-24-26-27-28-29-30-31-32-33-35-36-39-42-45-48-51-54-60(63)66-57-58(56-65-59(62)53-50-47-44-41-38-21-18-15-12-9-6-3)67-61(64)55-52-49-46-43-40-37-34-25-23-20-17-14-11-8-5-2/h7,10,15-16,18-19,24,26,28-29,31-32,35-36,42,45,58H,4-6,8-9,11-14,17,20-23,25,27,30,33-34,37-41,43-44,46-57H2,1-3H3/b10-7-,18-15-,19-16-,26-24-,29-28-,32-31-,36-35-,45-42-. The van der Waals surface area contributed by atoms with Crippen LogP contribution < -0.4 is 0 Å². The summed E-state index contributed by atoms with van der Waals surface area (Å²) in [5.41, 5.74) is 0. The highest BCUT2D eigenvalue weighted by Crippen LogP contribution is 2.15. The van der Waals surface area contributed by atoms with Crippen molar-refractivity contribution in [3.8, 4) is 0 Å². The molecule has 0 aliphatic heterocycles. The monoisotopic (exact) mass is 931 g/mol. The minimum absolute atomic E-state index is 0.0988. The Morgan fingerprint density at radius 1 is 0.313 bits per heavy atom. The first-order valence-electron chi connectivity index (χ1n) is 27.7. The van der Waals surface area contributed by atoms with Crippen molar-refractivity contribution in [2.75, 3.05) is 13.2 Å². The normalized spacial score (nSPS) is 12.8. The highest BCUT2D eigenvalue weighted by molar-refractivity contribution is 5.71. The van der Waals surface area contributed by atoms with Crippen molar-refractivity contribution in [2.24, 2.45) is 0 Å². The highest BCUT2D eigenvalue weighted by atomic mass is 16.6. The number of carbonyl (C=O) groups excluding carboxylic acids is 3. The molecule has 0 spiro atoms. The average molecular weight is 931 g/mol. The van der Waals surface area contributed by atoms with Crippen LogP contribution >= 0.6 is 0 Å². The molecule has 0 radical (unpaired) electrons. The van der Waals surface area contributed by atoms with Gasteiger partial charge in [0.1, 0.15) is 13.2 Å². The number of hydrogen-bond acceptors (Lipinski definition) is 6. The zero-order valence-electron chi connectivity index (χ0n) is 43.6. The Morgan fingerprint density at radius 3 is 1.03 bits per heavy atom. The molecule has 1 unspecified atom stereocenters. The topological polar surface area (TPSA) is 78.9 Å². The average Bonchev–Trinajstić information content (AvgIpc) is 3.33. The van der Waals surface area contributed by atoms with E-state index in [0.717, 1.165) is 103 Å². The predicted molar refractivity (Wildman–Crippen MR) is 288 cm³/mol. The lowest BCUT2D eigenvalue weighted by atomic mass is 10.0. The Kier molecular flexibility index (Phi) is 51.9. The van der Waals surface area contributed by atoms with Gasteiger partial charge in [-0.2, -0.15) is 0 Å². The van der Waals surface area contributed by atoms with Crippen LogP contribution in [0.1, 0.15) is 252 Å². The van der Waals surface area contributed by atoms with Crippen LogP contribution in [-0.4, -0.2) is 37.2 Å². The van der Waals surface area contributed by atoms with Crippen molar-refractivity contribution >= 4 is 17.9 Å². The molecule has 6 heteroatoms. The van der Waals surface area contributed by atoms with Crippen LogP contribution in [0.2, 0.25) is 0 Å². The smallest absolute Gasteiger partial charge is 0.306 e. The first-order valence-corrected chi connectivity index (χ1v) is 27.7. The van der Waals surface area contributed by atoms with Gasteiger partial charge in [-0.05, 0) is 89.9 Å². The van der Waals surface area contributed by atoms with Crippen LogP contribution in [0, 0.1) is 0 Å². The van der Waals surface area contributed by atoms with E-state index >= 15 is 0 Å². The fourth-order valence-electron chi connectivity index (χ4n) is 7.41. The van der Waals surface area contributed by atoms with Gasteiger partial charge in [0.05, 0.1) is 0 Å². The lowest BCUT2D eigenvalue weighted by Crippen LogP contribution is -2.30. The Morgan fingerprint density at radius 2 is 0.612 bits per heavy atom. The van der Waals surface area contributed by atoms with E-state index in [1.807, 2.05) is 0 Å². The number of unbranched alkanes of at least 4 members (excludes halogenated alkanes) is 22. The maximum Gasteiger partial charge on any atom is 0.306 e. The molecule has 67 heavy (non-hydrogen) atoms. The van der Waals surface area contributed by atoms with Gasteiger partial charge in [0.2, 0.25) is 0 Å². The van der Waals surface area contributed by atoms with Gasteiger partial charge in [-0.15, -0.1) is 0 Å². The molecule has 0 N–H and O–H groups in total. The predicted octanol–water partition coefficient (Wildman–Crippen LogP) is 18.5.